The maximum Gasteiger partial charge on any atom is 0.0805 e. The topological polar surface area (TPSA) is 18.5 Å². The van der Waals surface area contributed by atoms with Crippen LogP contribution in [0.3, 0.4) is 0 Å². The van der Waals surface area contributed by atoms with Crippen molar-refractivity contribution in [1.29, 1.82) is 0 Å². The fourth-order valence-electron chi connectivity index (χ4n) is 2.96. The molecule has 1 aliphatic heterocycles. The highest BCUT2D eigenvalue weighted by Gasteiger charge is 2.30. The first-order valence-corrected chi connectivity index (χ1v) is 6.44. The third-order valence-corrected chi connectivity index (χ3v) is 4.19. The second-order valence-electron chi connectivity index (χ2n) is 5.33. The van der Waals surface area contributed by atoms with Gasteiger partial charge in [-0.15, -0.1) is 0 Å². The normalized spacial score (nSPS) is 42.8. The number of hydrogen-bond acceptors (Lipinski definition) is 2. The smallest absolute Gasteiger partial charge is 0.0805 e. The minimum Gasteiger partial charge on any atom is -0.379 e. The van der Waals surface area contributed by atoms with Crippen molar-refractivity contribution in [3.05, 3.63) is 0 Å². The third-order valence-electron chi connectivity index (χ3n) is 4.19. The van der Waals surface area contributed by atoms with E-state index in [1.807, 2.05) is 0 Å². The fraction of sp³-hybridized carbons (Fsp3) is 1.00. The quantitative estimate of drug-likeness (QED) is 0.700. The van der Waals surface area contributed by atoms with E-state index < -0.39 is 0 Å². The van der Waals surface area contributed by atoms with Gasteiger partial charge in [0.1, 0.15) is 0 Å². The fourth-order valence-corrected chi connectivity index (χ4v) is 2.96. The molecule has 88 valence electrons. The molecule has 0 N–H and O–H groups in total. The Labute approximate surface area is 93.3 Å². The Morgan fingerprint density at radius 1 is 1.00 bits per heavy atom. The Morgan fingerprint density at radius 2 is 1.73 bits per heavy atom. The number of ether oxygens (including phenoxy) is 2. The van der Waals surface area contributed by atoms with Crippen LogP contribution in [0.2, 0.25) is 0 Å². The van der Waals surface area contributed by atoms with Gasteiger partial charge >= 0.3 is 0 Å². The number of hydrogen-bond donors (Lipinski definition) is 0. The molecule has 0 amide bonds. The van der Waals surface area contributed by atoms with Gasteiger partial charge < -0.3 is 9.47 Å². The number of methoxy groups -OCH3 is 1. The molecule has 2 heteroatoms. The maximum atomic E-state index is 5.93. The summed E-state index contributed by atoms with van der Waals surface area (Å²) in [4.78, 5) is 0. The molecule has 1 aliphatic carbocycles. The lowest BCUT2D eigenvalue weighted by Crippen LogP contribution is -2.36. The summed E-state index contributed by atoms with van der Waals surface area (Å²) in [5, 5.41) is 0. The molecule has 1 saturated heterocycles. The van der Waals surface area contributed by atoms with E-state index in [9.17, 15) is 0 Å². The van der Waals surface area contributed by atoms with E-state index in [0.717, 1.165) is 18.4 Å². The van der Waals surface area contributed by atoms with E-state index in [4.69, 9.17) is 9.47 Å². The molecule has 2 fully saturated rings. The molecule has 0 radical (unpaired) electrons. The summed E-state index contributed by atoms with van der Waals surface area (Å²) in [6.07, 6.45) is 8.83. The van der Waals surface area contributed by atoms with Crippen molar-refractivity contribution >= 4 is 0 Å². The van der Waals surface area contributed by atoms with Crippen molar-refractivity contribution in [3.63, 3.8) is 0 Å². The molecular weight excluding hydrogens is 188 g/mol. The molecule has 2 nitrogen and oxygen atoms in total. The molecule has 0 bridgehead atoms. The maximum absolute atomic E-state index is 5.93. The van der Waals surface area contributed by atoms with Crippen LogP contribution in [0.1, 0.15) is 45.4 Å². The average molecular weight is 212 g/mol. The molecular formula is C13H24O2. The second kappa shape index (κ2) is 5.31. The Balaban J connectivity index is 1.75. The highest BCUT2D eigenvalue weighted by molar-refractivity contribution is 4.80. The molecule has 1 heterocycles. The van der Waals surface area contributed by atoms with Gasteiger partial charge in [0.2, 0.25) is 0 Å². The van der Waals surface area contributed by atoms with Gasteiger partial charge in [-0.05, 0) is 37.5 Å². The Bertz CT molecular complexity index is 177. The zero-order valence-electron chi connectivity index (χ0n) is 10.1. The first-order chi connectivity index (χ1) is 7.29. The van der Waals surface area contributed by atoms with Crippen LogP contribution in [0.5, 0.6) is 0 Å². The van der Waals surface area contributed by atoms with Crippen molar-refractivity contribution in [1.82, 2.24) is 0 Å². The van der Waals surface area contributed by atoms with Crippen LogP contribution < -0.4 is 0 Å². The van der Waals surface area contributed by atoms with Crippen molar-refractivity contribution in [2.75, 3.05) is 13.7 Å². The summed E-state index contributed by atoms with van der Waals surface area (Å²) in [6, 6.07) is 0. The van der Waals surface area contributed by atoms with Gasteiger partial charge in [0.05, 0.1) is 18.8 Å². The van der Waals surface area contributed by atoms with Crippen molar-refractivity contribution in [3.8, 4) is 0 Å². The standard InChI is InChI=1S/C13H24O2/c1-10-3-5-11(6-4-10)13-8-7-12(14-2)9-15-13/h10-13H,3-9H2,1-2H3. The van der Waals surface area contributed by atoms with Crippen molar-refractivity contribution < 1.29 is 9.47 Å². The summed E-state index contributed by atoms with van der Waals surface area (Å²) in [5.41, 5.74) is 0. The predicted octanol–water partition coefficient (Wildman–Crippen LogP) is 3.01. The molecule has 2 rings (SSSR count). The molecule has 0 aromatic heterocycles. The van der Waals surface area contributed by atoms with Gasteiger partial charge in [0.25, 0.3) is 0 Å². The summed E-state index contributed by atoms with van der Waals surface area (Å²) >= 11 is 0. The van der Waals surface area contributed by atoms with E-state index in [2.05, 4.69) is 6.92 Å². The monoisotopic (exact) mass is 212 g/mol. The summed E-state index contributed by atoms with van der Waals surface area (Å²) in [6.45, 7) is 3.19. The van der Waals surface area contributed by atoms with Crippen LogP contribution in [0.4, 0.5) is 0 Å². The molecule has 15 heavy (non-hydrogen) atoms. The van der Waals surface area contributed by atoms with Crippen molar-refractivity contribution in [2.24, 2.45) is 11.8 Å². The van der Waals surface area contributed by atoms with Crippen LogP contribution in [0.25, 0.3) is 0 Å². The van der Waals surface area contributed by atoms with Crippen LogP contribution in [-0.2, 0) is 9.47 Å². The summed E-state index contributed by atoms with van der Waals surface area (Å²) in [5.74, 6) is 1.77. The molecule has 0 spiro atoms. The van der Waals surface area contributed by atoms with E-state index >= 15 is 0 Å². The Kier molecular flexibility index (Phi) is 4.04. The summed E-state index contributed by atoms with van der Waals surface area (Å²) in [7, 11) is 1.79. The minimum atomic E-state index is 0.351. The molecule has 0 aromatic carbocycles. The second-order valence-corrected chi connectivity index (χ2v) is 5.33. The lowest BCUT2D eigenvalue weighted by molar-refractivity contribution is -0.0968. The van der Waals surface area contributed by atoms with E-state index in [-0.39, 0.29) is 0 Å². The molecule has 0 aromatic rings. The average Bonchev–Trinajstić information content (AvgIpc) is 2.30. The van der Waals surface area contributed by atoms with E-state index in [0.29, 0.717) is 12.2 Å². The highest BCUT2D eigenvalue weighted by Crippen LogP contribution is 2.34. The highest BCUT2D eigenvalue weighted by atomic mass is 16.5. The predicted molar refractivity (Wildman–Crippen MR) is 60.9 cm³/mol. The van der Waals surface area contributed by atoms with Gasteiger partial charge in [-0.2, -0.15) is 0 Å². The lowest BCUT2D eigenvalue weighted by atomic mass is 9.78. The Hall–Kier alpha value is -0.0800. The van der Waals surface area contributed by atoms with Gasteiger partial charge in [-0.25, -0.2) is 0 Å². The van der Waals surface area contributed by atoms with Gasteiger partial charge in [0.15, 0.2) is 0 Å². The van der Waals surface area contributed by atoms with E-state index in [1.54, 1.807) is 7.11 Å². The van der Waals surface area contributed by atoms with Crippen LogP contribution in [0, 0.1) is 11.8 Å². The van der Waals surface area contributed by atoms with Gasteiger partial charge in [-0.1, -0.05) is 19.8 Å². The lowest BCUT2D eigenvalue weighted by Gasteiger charge is -2.36. The zero-order chi connectivity index (χ0) is 10.7. The summed E-state index contributed by atoms with van der Waals surface area (Å²) < 4.78 is 11.3. The largest absolute Gasteiger partial charge is 0.379 e. The van der Waals surface area contributed by atoms with Crippen LogP contribution >= 0.6 is 0 Å². The SMILES string of the molecule is COC1CCC(C2CCC(C)CC2)OC1. The first-order valence-electron chi connectivity index (χ1n) is 6.44. The third kappa shape index (κ3) is 2.94. The molecule has 2 atom stereocenters. The van der Waals surface area contributed by atoms with E-state index in [1.165, 1.54) is 38.5 Å². The molecule has 2 unspecified atom stereocenters. The van der Waals surface area contributed by atoms with Gasteiger partial charge in [-0.3, -0.25) is 0 Å². The zero-order valence-corrected chi connectivity index (χ0v) is 10.1. The number of rotatable bonds is 2. The Morgan fingerprint density at radius 3 is 2.27 bits per heavy atom. The molecule has 1 saturated carbocycles. The molecule has 2 aliphatic rings. The first kappa shape index (κ1) is 11.4. The van der Waals surface area contributed by atoms with Crippen LogP contribution in [-0.4, -0.2) is 25.9 Å². The minimum absolute atomic E-state index is 0.351. The van der Waals surface area contributed by atoms with Crippen LogP contribution in [0.15, 0.2) is 0 Å². The van der Waals surface area contributed by atoms with Gasteiger partial charge in [0, 0.05) is 7.11 Å². The van der Waals surface area contributed by atoms with Crippen molar-refractivity contribution in [2.45, 2.75) is 57.7 Å².